The van der Waals surface area contributed by atoms with Gasteiger partial charge in [0.05, 0.1) is 0 Å². The van der Waals surface area contributed by atoms with Crippen molar-refractivity contribution in [3.05, 3.63) is 0 Å². The summed E-state index contributed by atoms with van der Waals surface area (Å²) in [6.45, 7) is 9.48. The average Bonchev–Trinajstić information content (AvgIpc) is 2.98. The van der Waals surface area contributed by atoms with Crippen molar-refractivity contribution in [1.29, 1.82) is 0 Å². The highest BCUT2D eigenvalue weighted by Gasteiger charge is 2.30. The third kappa shape index (κ3) is 3.21. The molecule has 2 atom stereocenters. The van der Waals surface area contributed by atoms with Crippen LogP contribution in [0.2, 0.25) is 0 Å². The van der Waals surface area contributed by atoms with E-state index in [0.717, 1.165) is 24.0 Å². The molecule has 0 spiro atoms. The molecule has 0 aromatic heterocycles. The molecular weight excluding hydrogens is 196 g/mol. The fraction of sp³-hybridized carbons (Fsp3) is 1.00. The van der Waals surface area contributed by atoms with Gasteiger partial charge in [-0.15, -0.1) is 0 Å². The third-order valence-electron chi connectivity index (χ3n) is 4.32. The zero-order chi connectivity index (χ0) is 11.5. The van der Waals surface area contributed by atoms with Gasteiger partial charge in [0.15, 0.2) is 0 Å². The molecule has 1 N–H and O–H groups in total. The molecule has 0 radical (unpaired) electrons. The third-order valence-corrected chi connectivity index (χ3v) is 4.32. The van der Waals surface area contributed by atoms with Gasteiger partial charge in [-0.05, 0) is 45.4 Å². The van der Waals surface area contributed by atoms with Crippen molar-refractivity contribution in [3.8, 4) is 0 Å². The number of nitrogens with zero attached hydrogens (tertiary/aromatic N) is 1. The fourth-order valence-corrected chi connectivity index (χ4v) is 3.10. The minimum Gasteiger partial charge on any atom is -0.312 e. The van der Waals surface area contributed by atoms with E-state index in [1.54, 1.807) is 0 Å². The molecule has 2 rings (SSSR count). The Kier molecular flexibility index (Phi) is 4.26. The van der Waals surface area contributed by atoms with Crippen molar-refractivity contribution in [2.75, 3.05) is 13.1 Å². The van der Waals surface area contributed by atoms with E-state index < -0.39 is 0 Å². The van der Waals surface area contributed by atoms with Crippen molar-refractivity contribution < 1.29 is 0 Å². The summed E-state index contributed by atoms with van der Waals surface area (Å²) in [7, 11) is 0. The van der Waals surface area contributed by atoms with Crippen LogP contribution in [0, 0.1) is 5.92 Å². The van der Waals surface area contributed by atoms with Gasteiger partial charge in [-0.3, -0.25) is 4.90 Å². The van der Waals surface area contributed by atoms with Crippen molar-refractivity contribution in [3.63, 3.8) is 0 Å². The van der Waals surface area contributed by atoms with Crippen LogP contribution in [-0.4, -0.2) is 36.1 Å². The molecule has 2 heteroatoms. The molecule has 2 aliphatic carbocycles. The van der Waals surface area contributed by atoms with E-state index >= 15 is 0 Å². The molecule has 2 aliphatic rings. The van der Waals surface area contributed by atoms with E-state index in [-0.39, 0.29) is 0 Å². The lowest BCUT2D eigenvalue weighted by Crippen LogP contribution is -2.41. The van der Waals surface area contributed by atoms with Crippen molar-refractivity contribution >= 4 is 0 Å². The van der Waals surface area contributed by atoms with Gasteiger partial charge in [-0.2, -0.15) is 0 Å². The number of hydrogen-bond donors (Lipinski definition) is 1. The van der Waals surface area contributed by atoms with Crippen LogP contribution in [-0.2, 0) is 0 Å². The zero-order valence-electron chi connectivity index (χ0n) is 11.2. The van der Waals surface area contributed by atoms with Crippen LogP contribution >= 0.6 is 0 Å². The summed E-state index contributed by atoms with van der Waals surface area (Å²) in [5, 5.41) is 3.76. The van der Waals surface area contributed by atoms with Crippen LogP contribution in [0.25, 0.3) is 0 Å². The fourth-order valence-electron chi connectivity index (χ4n) is 3.10. The van der Waals surface area contributed by atoms with Gasteiger partial charge in [0, 0.05) is 31.2 Å². The second-order valence-corrected chi connectivity index (χ2v) is 6.03. The summed E-state index contributed by atoms with van der Waals surface area (Å²) >= 11 is 0. The summed E-state index contributed by atoms with van der Waals surface area (Å²) in [5.74, 6) is 0.897. The molecule has 2 unspecified atom stereocenters. The zero-order valence-corrected chi connectivity index (χ0v) is 11.2. The van der Waals surface area contributed by atoms with Crippen LogP contribution in [0.4, 0.5) is 0 Å². The number of hydrogen-bond acceptors (Lipinski definition) is 2. The number of rotatable bonds is 6. The molecule has 0 aromatic rings. The minimum absolute atomic E-state index is 0.718. The van der Waals surface area contributed by atoms with Crippen LogP contribution in [0.15, 0.2) is 0 Å². The Morgan fingerprint density at radius 2 is 1.94 bits per heavy atom. The second-order valence-electron chi connectivity index (χ2n) is 6.03. The smallest absolute Gasteiger partial charge is 0.0113 e. The van der Waals surface area contributed by atoms with E-state index in [4.69, 9.17) is 0 Å². The Morgan fingerprint density at radius 1 is 1.19 bits per heavy atom. The van der Waals surface area contributed by atoms with Crippen LogP contribution in [0.3, 0.4) is 0 Å². The van der Waals surface area contributed by atoms with Crippen LogP contribution in [0.5, 0.6) is 0 Å². The Bertz CT molecular complexity index is 209. The lowest BCUT2D eigenvalue weighted by atomic mass is 10.1. The highest BCUT2D eigenvalue weighted by atomic mass is 15.2. The predicted octanol–water partition coefficient (Wildman–Crippen LogP) is 2.64. The first-order chi connectivity index (χ1) is 7.68. The molecule has 0 aliphatic heterocycles. The average molecular weight is 224 g/mol. The lowest BCUT2D eigenvalue weighted by Gasteiger charge is -2.27. The highest BCUT2D eigenvalue weighted by Crippen LogP contribution is 2.28. The van der Waals surface area contributed by atoms with E-state index in [2.05, 4.69) is 31.0 Å². The predicted molar refractivity (Wildman–Crippen MR) is 69.7 cm³/mol. The Labute approximate surface area is 101 Å². The van der Waals surface area contributed by atoms with Gasteiger partial charge in [-0.1, -0.05) is 13.3 Å². The van der Waals surface area contributed by atoms with E-state index in [9.17, 15) is 0 Å². The maximum atomic E-state index is 3.76. The largest absolute Gasteiger partial charge is 0.312 e. The first kappa shape index (κ1) is 12.4. The standard InChI is InChI=1S/C14H28N2/c1-11(2)16(13-7-8-13)10-9-15-14-6-4-5-12(14)3/h11-15H,4-10H2,1-3H3. The Balaban J connectivity index is 1.66. The minimum atomic E-state index is 0.718. The second kappa shape index (κ2) is 5.50. The van der Waals surface area contributed by atoms with Crippen molar-refractivity contribution in [2.24, 2.45) is 5.92 Å². The maximum Gasteiger partial charge on any atom is 0.0113 e. The monoisotopic (exact) mass is 224 g/mol. The summed E-state index contributed by atoms with van der Waals surface area (Å²) in [5.41, 5.74) is 0. The van der Waals surface area contributed by atoms with Gasteiger partial charge < -0.3 is 5.32 Å². The summed E-state index contributed by atoms with van der Waals surface area (Å²) < 4.78 is 0. The first-order valence-electron chi connectivity index (χ1n) is 7.17. The Hall–Kier alpha value is -0.0800. The molecule has 16 heavy (non-hydrogen) atoms. The number of nitrogens with one attached hydrogen (secondary N) is 1. The van der Waals surface area contributed by atoms with E-state index in [1.807, 2.05) is 0 Å². The maximum absolute atomic E-state index is 3.76. The van der Waals surface area contributed by atoms with Crippen molar-refractivity contribution in [2.45, 2.75) is 71.0 Å². The Morgan fingerprint density at radius 3 is 2.44 bits per heavy atom. The van der Waals surface area contributed by atoms with E-state index in [0.29, 0.717) is 0 Å². The summed E-state index contributed by atoms with van der Waals surface area (Å²) in [4.78, 5) is 2.67. The van der Waals surface area contributed by atoms with Gasteiger partial charge in [0.2, 0.25) is 0 Å². The molecular formula is C14H28N2. The summed E-state index contributed by atoms with van der Waals surface area (Å²) in [6.07, 6.45) is 7.10. The van der Waals surface area contributed by atoms with Gasteiger partial charge in [0.25, 0.3) is 0 Å². The lowest BCUT2D eigenvalue weighted by molar-refractivity contribution is 0.207. The highest BCUT2D eigenvalue weighted by molar-refractivity contribution is 4.87. The molecule has 0 amide bonds. The summed E-state index contributed by atoms with van der Waals surface area (Å²) in [6, 6.07) is 2.42. The quantitative estimate of drug-likeness (QED) is 0.746. The van der Waals surface area contributed by atoms with E-state index in [1.165, 1.54) is 45.2 Å². The molecule has 0 aromatic carbocycles. The van der Waals surface area contributed by atoms with Gasteiger partial charge >= 0.3 is 0 Å². The van der Waals surface area contributed by atoms with Crippen LogP contribution in [0.1, 0.15) is 52.9 Å². The van der Waals surface area contributed by atoms with Gasteiger partial charge in [-0.25, -0.2) is 0 Å². The SMILES string of the molecule is CC1CCCC1NCCN(C(C)C)C1CC1. The molecule has 94 valence electrons. The molecule has 0 saturated heterocycles. The molecule has 0 heterocycles. The topological polar surface area (TPSA) is 15.3 Å². The first-order valence-corrected chi connectivity index (χ1v) is 7.17. The molecule has 2 nitrogen and oxygen atoms in total. The molecule has 2 saturated carbocycles. The van der Waals surface area contributed by atoms with Crippen molar-refractivity contribution in [1.82, 2.24) is 10.2 Å². The van der Waals surface area contributed by atoms with Crippen LogP contribution < -0.4 is 5.32 Å². The normalized spacial score (nSPS) is 30.6. The van der Waals surface area contributed by atoms with Gasteiger partial charge in [0.1, 0.15) is 0 Å². The molecule has 0 bridgehead atoms. The molecule has 2 fully saturated rings.